The van der Waals surface area contributed by atoms with Gasteiger partial charge in [-0.25, -0.2) is 4.39 Å². The predicted octanol–water partition coefficient (Wildman–Crippen LogP) is 4.37. The van der Waals surface area contributed by atoms with E-state index in [2.05, 4.69) is 0 Å². The van der Waals surface area contributed by atoms with Crippen LogP contribution >= 0.6 is 11.6 Å². The smallest absolute Gasteiger partial charge is 0.123 e. The average Bonchev–Trinajstić information content (AvgIpc) is 2.37. The quantitative estimate of drug-likeness (QED) is 0.884. The predicted molar refractivity (Wildman–Crippen MR) is 76.0 cm³/mol. The topological polar surface area (TPSA) is 20.2 Å². The van der Waals surface area contributed by atoms with Gasteiger partial charge in [0.25, 0.3) is 0 Å². The number of hydrogen-bond acceptors (Lipinski definition) is 1. The molecule has 0 amide bonds. The Morgan fingerprint density at radius 1 is 1.11 bits per heavy atom. The normalized spacial score (nSPS) is 12.5. The van der Waals surface area contributed by atoms with Crippen LogP contribution in [0.5, 0.6) is 0 Å². The second kappa shape index (κ2) is 5.72. The summed E-state index contributed by atoms with van der Waals surface area (Å²) in [6, 6.07) is 10.1. The molecule has 1 nitrogen and oxygen atoms in total. The Morgan fingerprint density at radius 2 is 1.84 bits per heavy atom. The minimum Gasteiger partial charge on any atom is -0.388 e. The molecule has 0 saturated carbocycles. The molecule has 0 aliphatic heterocycles. The van der Waals surface area contributed by atoms with E-state index in [1.165, 1.54) is 12.1 Å². The van der Waals surface area contributed by atoms with Crippen LogP contribution in [0.15, 0.2) is 36.4 Å². The summed E-state index contributed by atoms with van der Waals surface area (Å²) in [5.74, 6) is -0.278. The maximum Gasteiger partial charge on any atom is 0.123 e. The third-order valence-electron chi connectivity index (χ3n) is 3.29. The van der Waals surface area contributed by atoms with Crippen LogP contribution in [0, 0.1) is 19.7 Å². The second-order valence-electron chi connectivity index (χ2n) is 4.80. The van der Waals surface area contributed by atoms with E-state index in [1.807, 2.05) is 19.9 Å². The fourth-order valence-corrected chi connectivity index (χ4v) is 2.18. The van der Waals surface area contributed by atoms with Crippen LogP contribution in [0.1, 0.15) is 28.4 Å². The van der Waals surface area contributed by atoms with Gasteiger partial charge in [0.15, 0.2) is 0 Å². The van der Waals surface area contributed by atoms with Crippen LogP contribution in [0.3, 0.4) is 0 Å². The Kier molecular flexibility index (Phi) is 4.23. The molecular weight excluding hydrogens is 263 g/mol. The number of hydrogen-bond donors (Lipinski definition) is 1. The zero-order valence-electron chi connectivity index (χ0n) is 11.0. The molecule has 0 fully saturated rings. The highest BCUT2D eigenvalue weighted by atomic mass is 35.5. The molecule has 0 heterocycles. The molecule has 3 heteroatoms. The summed E-state index contributed by atoms with van der Waals surface area (Å²) in [6.07, 6.45) is -0.263. The number of aryl methyl sites for hydroxylation is 2. The molecule has 1 atom stereocenters. The van der Waals surface area contributed by atoms with E-state index < -0.39 is 6.10 Å². The molecule has 0 spiro atoms. The van der Waals surface area contributed by atoms with Crippen LogP contribution in [0.25, 0.3) is 0 Å². The van der Waals surface area contributed by atoms with E-state index in [1.54, 1.807) is 18.2 Å². The van der Waals surface area contributed by atoms with Crippen LogP contribution in [-0.2, 0) is 6.42 Å². The summed E-state index contributed by atoms with van der Waals surface area (Å²) in [7, 11) is 0. The van der Waals surface area contributed by atoms with E-state index in [4.69, 9.17) is 11.6 Å². The number of rotatable bonds is 3. The largest absolute Gasteiger partial charge is 0.388 e. The van der Waals surface area contributed by atoms with Crippen molar-refractivity contribution in [2.45, 2.75) is 26.4 Å². The molecule has 0 radical (unpaired) electrons. The van der Waals surface area contributed by atoms with Crippen molar-refractivity contribution in [1.29, 1.82) is 0 Å². The van der Waals surface area contributed by atoms with Gasteiger partial charge in [-0.1, -0.05) is 29.8 Å². The van der Waals surface area contributed by atoms with E-state index >= 15 is 0 Å². The van der Waals surface area contributed by atoms with Gasteiger partial charge in [-0.3, -0.25) is 0 Å². The first-order chi connectivity index (χ1) is 8.97. The van der Waals surface area contributed by atoms with Gasteiger partial charge in [0.05, 0.1) is 6.10 Å². The summed E-state index contributed by atoms with van der Waals surface area (Å²) in [6.45, 7) is 3.81. The highest BCUT2D eigenvalue weighted by Gasteiger charge is 2.12. The van der Waals surface area contributed by atoms with Crippen LogP contribution < -0.4 is 0 Å². The molecule has 2 rings (SSSR count). The minimum absolute atomic E-state index is 0.278. The van der Waals surface area contributed by atoms with Crippen molar-refractivity contribution < 1.29 is 9.50 Å². The van der Waals surface area contributed by atoms with Gasteiger partial charge in [0, 0.05) is 11.4 Å². The van der Waals surface area contributed by atoms with E-state index in [0.717, 1.165) is 22.3 Å². The molecule has 100 valence electrons. The van der Waals surface area contributed by atoms with E-state index in [0.29, 0.717) is 11.4 Å². The lowest BCUT2D eigenvalue weighted by molar-refractivity contribution is 0.178. The van der Waals surface area contributed by atoms with Gasteiger partial charge in [-0.05, 0) is 54.3 Å². The molecule has 0 aliphatic carbocycles. The van der Waals surface area contributed by atoms with Gasteiger partial charge in [0.1, 0.15) is 5.82 Å². The van der Waals surface area contributed by atoms with Crippen molar-refractivity contribution in [2.24, 2.45) is 0 Å². The van der Waals surface area contributed by atoms with Crippen LogP contribution in [0.4, 0.5) is 4.39 Å². The molecule has 1 N–H and O–H groups in total. The lowest BCUT2D eigenvalue weighted by atomic mass is 9.97. The number of halogens is 2. The van der Waals surface area contributed by atoms with Gasteiger partial charge in [-0.2, -0.15) is 0 Å². The maximum atomic E-state index is 13.2. The Morgan fingerprint density at radius 3 is 2.53 bits per heavy atom. The zero-order valence-corrected chi connectivity index (χ0v) is 11.7. The molecule has 0 aliphatic rings. The minimum atomic E-state index is -0.656. The van der Waals surface area contributed by atoms with E-state index in [-0.39, 0.29) is 5.82 Å². The third-order valence-corrected chi connectivity index (χ3v) is 3.72. The Labute approximate surface area is 117 Å². The summed E-state index contributed by atoms with van der Waals surface area (Å²) in [5, 5.41) is 10.9. The first-order valence-electron chi connectivity index (χ1n) is 6.16. The summed E-state index contributed by atoms with van der Waals surface area (Å²) in [5.41, 5.74) is 3.52. The molecule has 1 unspecified atom stereocenters. The van der Waals surface area contributed by atoms with E-state index in [9.17, 15) is 9.50 Å². The first-order valence-corrected chi connectivity index (χ1v) is 6.54. The highest BCUT2D eigenvalue weighted by molar-refractivity contribution is 6.31. The maximum absolute atomic E-state index is 13.2. The summed E-state index contributed by atoms with van der Waals surface area (Å²) >= 11 is 5.96. The number of aliphatic hydroxyl groups is 1. The Balaban J connectivity index is 2.22. The Hall–Kier alpha value is -1.38. The molecule has 0 saturated heterocycles. The fraction of sp³-hybridized carbons (Fsp3) is 0.250. The molecule has 2 aromatic carbocycles. The van der Waals surface area contributed by atoms with Gasteiger partial charge >= 0.3 is 0 Å². The van der Waals surface area contributed by atoms with Crippen molar-refractivity contribution in [3.8, 4) is 0 Å². The zero-order chi connectivity index (χ0) is 14.0. The lowest BCUT2D eigenvalue weighted by Crippen LogP contribution is -2.04. The van der Waals surface area contributed by atoms with Crippen LogP contribution in [-0.4, -0.2) is 5.11 Å². The number of benzene rings is 2. The molecule has 0 aromatic heterocycles. The van der Waals surface area contributed by atoms with Gasteiger partial charge < -0.3 is 5.11 Å². The van der Waals surface area contributed by atoms with Crippen molar-refractivity contribution in [2.75, 3.05) is 0 Å². The van der Waals surface area contributed by atoms with Crippen molar-refractivity contribution in [3.05, 3.63) is 69.5 Å². The molecule has 2 aromatic rings. The van der Waals surface area contributed by atoms with Gasteiger partial charge in [-0.15, -0.1) is 0 Å². The molecule has 0 bridgehead atoms. The lowest BCUT2D eigenvalue weighted by Gasteiger charge is -2.14. The van der Waals surface area contributed by atoms with Crippen molar-refractivity contribution >= 4 is 11.6 Å². The summed E-state index contributed by atoms with van der Waals surface area (Å²) < 4.78 is 13.2. The highest BCUT2D eigenvalue weighted by Crippen LogP contribution is 2.24. The fourth-order valence-electron chi connectivity index (χ4n) is 2.06. The average molecular weight is 279 g/mol. The number of aliphatic hydroxyl groups excluding tert-OH is 1. The van der Waals surface area contributed by atoms with Crippen molar-refractivity contribution in [1.82, 2.24) is 0 Å². The third kappa shape index (κ3) is 3.34. The first kappa shape index (κ1) is 14.0. The summed E-state index contributed by atoms with van der Waals surface area (Å²) in [4.78, 5) is 0. The molecule has 19 heavy (non-hydrogen) atoms. The second-order valence-corrected chi connectivity index (χ2v) is 5.21. The van der Waals surface area contributed by atoms with Crippen LogP contribution in [0.2, 0.25) is 5.02 Å². The standard InChI is InChI=1S/C16H16ClFO/c1-10-3-5-14(18)8-13(10)9-16(19)12-4-6-15(17)11(2)7-12/h3-8,16,19H,9H2,1-2H3. The van der Waals surface area contributed by atoms with Crippen molar-refractivity contribution in [3.63, 3.8) is 0 Å². The Bertz CT molecular complexity index is 595. The molecular formula is C16H16ClFO. The van der Waals surface area contributed by atoms with Gasteiger partial charge in [0.2, 0.25) is 0 Å². The monoisotopic (exact) mass is 278 g/mol. The SMILES string of the molecule is Cc1cc(C(O)Cc2cc(F)ccc2C)ccc1Cl.